The van der Waals surface area contributed by atoms with Crippen LogP contribution in [0.3, 0.4) is 0 Å². The summed E-state index contributed by atoms with van der Waals surface area (Å²) in [6.07, 6.45) is 0. The summed E-state index contributed by atoms with van der Waals surface area (Å²) in [5.41, 5.74) is 0. The molecule has 2 aromatic rings. The van der Waals surface area contributed by atoms with Gasteiger partial charge in [0.05, 0.1) is 0 Å². The van der Waals surface area contributed by atoms with Gasteiger partial charge in [0.1, 0.15) is 0 Å². The Morgan fingerprint density at radius 1 is 0.471 bits per heavy atom. The molecule has 0 aromatic heterocycles. The van der Waals surface area contributed by atoms with Crippen LogP contribution in [0.25, 0.3) is 0 Å². The van der Waals surface area contributed by atoms with Gasteiger partial charge in [-0.1, -0.05) is 24.3 Å². The standard InChI is InChI=1S/2C6H6O2.K/c2*7-5-3-1-2-4-6(5)8;/h2*1-4,7-8H;. The second kappa shape index (κ2) is 8.38. The van der Waals surface area contributed by atoms with E-state index in [1.54, 1.807) is 24.3 Å². The van der Waals surface area contributed by atoms with Crippen molar-refractivity contribution in [1.82, 2.24) is 0 Å². The second-order valence-corrected chi connectivity index (χ2v) is 2.98. The number of phenolic OH excluding ortho intramolecular Hbond substituents is 4. The maximum absolute atomic E-state index is 8.67. The van der Waals surface area contributed by atoms with Gasteiger partial charge in [-0.25, -0.2) is 0 Å². The molecular weight excluding hydrogens is 247 g/mol. The van der Waals surface area contributed by atoms with Crippen molar-refractivity contribution in [2.24, 2.45) is 0 Å². The van der Waals surface area contributed by atoms with Crippen LogP contribution in [-0.2, 0) is 0 Å². The number of rotatable bonds is 0. The molecular formula is C12H12KO4. The van der Waals surface area contributed by atoms with Gasteiger partial charge in [-0.2, -0.15) is 0 Å². The smallest absolute Gasteiger partial charge is 0.157 e. The van der Waals surface area contributed by atoms with Crippen LogP contribution in [0.2, 0.25) is 0 Å². The molecule has 2 aromatic carbocycles. The molecule has 0 saturated heterocycles. The minimum atomic E-state index is -0.0764. The summed E-state index contributed by atoms with van der Waals surface area (Å²) in [4.78, 5) is 0. The van der Waals surface area contributed by atoms with E-state index in [2.05, 4.69) is 0 Å². The Balaban J connectivity index is 0.000000284. The van der Waals surface area contributed by atoms with Gasteiger partial charge in [0.15, 0.2) is 23.0 Å². The molecule has 0 aliphatic carbocycles. The Labute approximate surface area is 142 Å². The molecule has 0 amide bonds. The Bertz CT molecular complexity index is 374. The molecule has 1 radical (unpaired) electrons. The number of para-hydroxylation sites is 4. The molecule has 0 atom stereocenters. The number of aromatic hydroxyl groups is 4. The summed E-state index contributed by atoms with van der Waals surface area (Å²) in [5.74, 6) is -0.306. The molecule has 0 spiro atoms. The Morgan fingerprint density at radius 3 is 0.765 bits per heavy atom. The Kier molecular flexibility index (Phi) is 8.02. The zero-order valence-electron chi connectivity index (χ0n) is 9.41. The largest absolute Gasteiger partial charge is 0.504 e. The minimum Gasteiger partial charge on any atom is -0.504 e. The molecule has 85 valence electrons. The summed E-state index contributed by atoms with van der Waals surface area (Å²) in [7, 11) is 0. The fourth-order valence-electron chi connectivity index (χ4n) is 0.928. The van der Waals surface area contributed by atoms with Gasteiger partial charge < -0.3 is 20.4 Å². The van der Waals surface area contributed by atoms with Crippen LogP contribution in [0, 0.1) is 0 Å². The van der Waals surface area contributed by atoms with Crippen LogP contribution < -0.4 is 0 Å². The molecule has 0 aliphatic rings. The molecule has 2 rings (SSSR count). The van der Waals surface area contributed by atoms with E-state index >= 15 is 0 Å². The molecule has 5 heteroatoms. The van der Waals surface area contributed by atoms with Gasteiger partial charge in [-0.05, 0) is 24.3 Å². The summed E-state index contributed by atoms with van der Waals surface area (Å²) in [6.45, 7) is 0. The minimum absolute atomic E-state index is 0. The predicted octanol–water partition coefficient (Wildman–Crippen LogP) is 1.81. The number of hydrogen-bond donors (Lipinski definition) is 4. The van der Waals surface area contributed by atoms with Gasteiger partial charge in [-0.3, -0.25) is 0 Å². The monoisotopic (exact) mass is 259 g/mol. The van der Waals surface area contributed by atoms with Crippen LogP contribution in [-0.4, -0.2) is 71.8 Å². The van der Waals surface area contributed by atoms with Gasteiger partial charge in [0.2, 0.25) is 0 Å². The molecule has 0 bridgehead atoms. The third-order valence-corrected chi connectivity index (χ3v) is 1.76. The van der Waals surface area contributed by atoms with Crippen molar-refractivity contribution in [2.75, 3.05) is 0 Å². The topological polar surface area (TPSA) is 80.9 Å². The Hall–Kier alpha value is -0.724. The van der Waals surface area contributed by atoms with E-state index in [1.807, 2.05) is 0 Å². The first-order valence-corrected chi connectivity index (χ1v) is 4.55. The van der Waals surface area contributed by atoms with Gasteiger partial charge >= 0.3 is 0 Å². The van der Waals surface area contributed by atoms with E-state index in [0.29, 0.717) is 0 Å². The van der Waals surface area contributed by atoms with Crippen LogP contribution in [0.1, 0.15) is 0 Å². The summed E-state index contributed by atoms with van der Waals surface area (Å²) in [6, 6.07) is 12.3. The van der Waals surface area contributed by atoms with Crippen molar-refractivity contribution in [2.45, 2.75) is 0 Å². The van der Waals surface area contributed by atoms with Crippen LogP contribution in [0.5, 0.6) is 23.0 Å². The van der Waals surface area contributed by atoms with Gasteiger partial charge in [-0.15, -0.1) is 0 Å². The van der Waals surface area contributed by atoms with E-state index < -0.39 is 0 Å². The molecule has 4 N–H and O–H groups in total. The number of benzene rings is 2. The SMILES string of the molecule is Oc1ccccc1O.Oc1ccccc1O.[K]. The van der Waals surface area contributed by atoms with Crippen molar-refractivity contribution in [1.29, 1.82) is 0 Å². The van der Waals surface area contributed by atoms with Crippen molar-refractivity contribution in [3.05, 3.63) is 48.5 Å². The molecule has 0 heterocycles. The van der Waals surface area contributed by atoms with E-state index in [9.17, 15) is 0 Å². The maximum Gasteiger partial charge on any atom is 0.157 e. The zero-order valence-corrected chi connectivity index (χ0v) is 12.5. The predicted molar refractivity (Wildman–Crippen MR) is 65.3 cm³/mol. The molecule has 0 saturated carbocycles. The van der Waals surface area contributed by atoms with Crippen molar-refractivity contribution in [3.63, 3.8) is 0 Å². The third-order valence-electron chi connectivity index (χ3n) is 1.76. The van der Waals surface area contributed by atoms with E-state index in [1.165, 1.54) is 24.3 Å². The van der Waals surface area contributed by atoms with Crippen molar-refractivity contribution >= 4 is 51.4 Å². The Morgan fingerprint density at radius 2 is 0.647 bits per heavy atom. The van der Waals surface area contributed by atoms with E-state index in [4.69, 9.17) is 20.4 Å². The average molecular weight is 259 g/mol. The van der Waals surface area contributed by atoms with E-state index in [0.717, 1.165) is 0 Å². The quantitative estimate of drug-likeness (QED) is 0.430. The third kappa shape index (κ3) is 5.95. The van der Waals surface area contributed by atoms with E-state index in [-0.39, 0.29) is 74.4 Å². The fraction of sp³-hybridized carbons (Fsp3) is 0. The molecule has 17 heavy (non-hydrogen) atoms. The molecule has 0 fully saturated rings. The van der Waals surface area contributed by atoms with Crippen molar-refractivity contribution in [3.8, 4) is 23.0 Å². The normalized spacial score (nSPS) is 8.47. The average Bonchev–Trinajstić information content (AvgIpc) is 2.28. The summed E-state index contributed by atoms with van der Waals surface area (Å²) < 4.78 is 0. The zero-order chi connectivity index (χ0) is 12.0. The van der Waals surface area contributed by atoms with Gasteiger partial charge in [0.25, 0.3) is 0 Å². The summed E-state index contributed by atoms with van der Waals surface area (Å²) >= 11 is 0. The van der Waals surface area contributed by atoms with Crippen LogP contribution in [0.15, 0.2) is 48.5 Å². The first kappa shape index (κ1) is 16.3. The molecule has 0 unspecified atom stereocenters. The molecule has 0 aliphatic heterocycles. The first-order chi connectivity index (χ1) is 7.61. The summed E-state index contributed by atoms with van der Waals surface area (Å²) in [5, 5.41) is 34.7. The van der Waals surface area contributed by atoms with Crippen molar-refractivity contribution < 1.29 is 20.4 Å². The van der Waals surface area contributed by atoms with Crippen LogP contribution >= 0.6 is 0 Å². The second-order valence-electron chi connectivity index (χ2n) is 2.98. The van der Waals surface area contributed by atoms with Gasteiger partial charge in [0, 0.05) is 51.4 Å². The first-order valence-electron chi connectivity index (χ1n) is 4.55. The molecule has 4 nitrogen and oxygen atoms in total. The fourth-order valence-corrected chi connectivity index (χ4v) is 0.928. The van der Waals surface area contributed by atoms with Crippen LogP contribution in [0.4, 0.5) is 0 Å². The maximum atomic E-state index is 8.67. The number of hydrogen-bond acceptors (Lipinski definition) is 4. The number of phenols is 4.